The Balaban J connectivity index is 1.64. The minimum absolute atomic E-state index is 0.0650. The van der Waals surface area contributed by atoms with Gasteiger partial charge in [0.1, 0.15) is 0 Å². The first-order valence-electron chi connectivity index (χ1n) is 8.85. The summed E-state index contributed by atoms with van der Waals surface area (Å²) in [5.74, 6) is 1.65. The van der Waals surface area contributed by atoms with Crippen LogP contribution in [0.2, 0.25) is 0 Å². The van der Waals surface area contributed by atoms with Gasteiger partial charge >= 0.3 is 0 Å². The molecule has 24 heavy (non-hydrogen) atoms. The second-order valence-electron chi connectivity index (χ2n) is 7.02. The molecule has 8 heteroatoms. The number of sulfone groups is 1. The van der Waals surface area contributed by atoms with Gasteiger partial charge in [-0.1, -0.05) is 6.92 Å². The number of hydrogen-bond donors (Lipinski definition) is 3. The monoisotopic (exact) mass is 358 g/mol. The van der Waals surface area contributed by atoms with Crippen molar-refractivity contribution < 1.29 is 13.2 Å². The van der Waals surface area contributed by atoms with E-state index in [0.717, 1.165) is 24.7 Å². The van der Waals surface area contributed by atoms with Gasteiger partial charge in [-0.25, -0.2) is 8.42 Å². The molecule has 2 aliphatic rings. The molecule has 138 valence electrons. The summed E-state index contributed by atoms with van der Waals surface area (Å²) in [6.45, 7) is 2.77. The Morgan fingerprint density at radius 3 is 2.38 bits per heavy atom. The first-order valence-corrected chi connectivity index (χ1v) is 10.7. The van der Waals surface area contributed by atoms with E-state index in [2.05, 4.69) is 27.9 Å². The topological polar surface area (TPSA) is 99.7 Å². The summed E-state index contributed by atoms with van der Waals surface area (Å²) in [7, 11) is -1.23. The van der Waals surface area contributed by atoms with Crippen LogP contribution in [0, 0.1) is 5.92 Å². The molecular weight excluding hydrogens is 328 g/mol. The van der Waals surface area contributed by atoms with Gasteiger partial charge in [0.2, 0.25) is 5.91 Å². The van der Waals surface area contributed by atoms with Crippen LogP contribution < -0.4 is 16.0 Å². The predicted molar refractivity (Wildman–Crippen MR) is 95.7 cm³/mol. The molecule has 0 spiro atoms. The molecule has 1 atom stereocenters. The lowest BCUT2D eigenvalue weighted by atomic mass is 9.87. The maximum Gasteiger partial charge on any atom is 0.222 e. The van der Waals surface area contributed by atoms with Gasteiger partial charge in [0.05, 0.1) is 11.5 Å². The fourth-order valence-electron chi connectivity index (χ4n) is 3.30. The highest BCUT2D eigenvalue weighted by molar-refractivity contribution is 7.91. The molecule has 1 unspecified atom stereocenters. The van der Waals surface area contributed by atoms with E-state index in [1.165, 1.54) is 12.8 Å². The van der Waals surface area contributed by atoms with Crippen LogP contribution in [0.25, 0.3) is 0 Å². The lowest BCUT2D eigenvalue weighted by Crippen LogP contribution is -2.46. The Morgan fingerprint density at radius 2 is 1.79 bits per heavy atom. The van der Waals surface area contributed by atoms with Crippen molar-refractivity contribution in [2.24, 2.45) is 10.9 Å². The molecule has 0 aromatic carbocycles. The number of nitrogens with zero attached hydrogens (tertiary/aromatic N) is 1. The number of guanidine groups is 1. The van der Waals surface area contributed by atoms with Crippen molar-refractivity contribution in [2.75, 3.05) is 25.1 Å². The molecule has 3 N–H and O–H groups in total. The Labute approximate surface area is 145 Å². The molecule has 1 aliphatic carbocycles. The van der Waals surface area contributed by atoms with Gasteiger partial charge in [-0.3, -0.25) is 9.79 Å². The highest BCUT2D eigenvalue weighted by Crippen LogP contribution is 2.23. The number of rotatable bonds is 5. The van der Waals surface area contributed by atoms with Crippen LogP contribution in [-0.2, 0) is 14.6 Å². The van der Waals surface area contributed by atoms with Crippen LogP contribution in [-0.4, -0.2) is 57.5 Å². The number of carbonyl (C=O) groups excluding carboxylic acids is 1. The van der Waals surface area contributed by atoms with Gasteiger partial charge in [-0.15, -0.1) is 0 Å². The third kappa shape index (κ3) is 6.30. The highest BCUT2D eigenvalue weighted by atomic mass is 32.2. The van der Waals surface area contributed by atoms with Crippen molar-refractivity contribution >= 4 is 21.7 Å². The van der Waals surface area contributed by atoms with Crippen molar-refractivity contribution in [3.8, 4) is 0 Å². The van der Waals surface area contributed by atoms with Crippen molar-refractivity contribution in [3.63, 3.8) is 0 Å². The summed E-state index contributed by atoms with van der Waals surface area (Å²) < 4.78 is 22.8. The van der Waals surface area contributed by atoms with E-state index in [9.17, 15) is 13.2 Å². The largest absolute Gasteiger partial charge is 0.356 e. The molecule has 1 aliphatic heterocycles. The van der Waals surface area contributed by atoms with Crippen molar-refractivity contribution in [1.82, 2.24) is 16.0 Å². The average Bonchev–Trinajstić information content (AvgIpc) is 2.87. The van der Waals surface area contributed by atoms with Gasteiger partial charge in [0, 0.05) is 32.1 Å². The van der Waals surface area contributed by atoms with Crippen LogP contribution in [0.5, 0.6) is 0 Å². The molecule has 7 nitrogen and oxygen atoms in total. The van der Waals surface area contributed by atoms with Gasteiger partial charge in [0.25, 0.3) is 0 Å². The predicted octanol–water partition coefficient (Wildman–Crippen LogP) is 0.424. The zero-order valence-electron chi connectivity index (χ0n) is 14.7. The number of hydrogen-bond acceptors (Lipinski definition) is 4. The van der Waals surface area contributed by atoms with Gasteiger partial charge < -0.3 is 16.0 Å². The van der Waals surface area contributed by atoms with Crippen LogP contribution >= 0.6 is 0 Å². The first-order chi connectivity index (χ1) is 11.4. The zero-order valence-corrected chi connectivity index (χ0v) is 15.5. The summed E-state index contributed by atoms with van der Waals surface area (Å²) in [5, 5.41) is 9.37. The second kappa shape index (κ2) is 8.69. The number of nitrogens with one attached hydrogen (secondary N) is 3. The minimum Gasteiger partial charge on any atom is -0.356 e. The first kappa shape index (κ1) is 19.0. The van der Waals surface area contributed by atoms with Crippen molar-refractivity contribution in [3.05, 3.63) is 0 Å². The third-order valence-electron chi connectivity index (χ3n) is 4.82. The van der Waals surface area contributed by atoms with Crippen LogP contribution in [0.4, 0.5) is 0 Å². The second-order valence-corrected chi connectivity index (χ2v) is 9.25. The summed E-state index contributed by atoms with van der Waals surface area (Å²) in [4.78, 5) is 16.1. The molecule has 1 amide bonds. The lowest BCUT2D eigenvalue weighted by Gasteiger charge is -2.28. The normalized spacial score (nSPS) is 29.9. The average molecular weight is 359 g/mol. The fourth-order valence-corrected chi connectivity index (χ4v) is 4.97. The summed E-state index contributed by atoms with van der Waals surface area (Å²) in [6.07, 6.45) is 5.60. The third-order valence-corrected chi connectivity index (χ3v) is 6.59. The van der Waals surface area contributed by atoms with Gasteiger partial charge in [-0.05, 0) is 38.0 Å². The molecule has 0 aromatic heterocycles. The Kier molecular flexibility index (Phi) is 6.89. The Hall–Kier alpha value is -1.31. The molecule has 1 saturated heterocycles. The van der Waals surface area contributed by atoms with E-state index < -0.39 is 9.84 Å². The Bertz CT molecular complexity index is 554. The molecule has 0 bridgehead atoms. The fraction of sp³-hybridized carbons (Fsp3) is 0.875. The van der Waals surface area contributed by atoms with E-state index in [1.54, 1.807) is 7.05 Å². The molecule has 0 radical (unpaired) electrons. The van der Waals surface area contributed by atoms with Crippen molar-refractivity contribution in [1.29, 1.82) is 0 Å². The molecule has 2 fully saturated rings. The summed E-state index contributed by atoms with van der Waals surface area (Å²) >= 11 is 0. The standard InChI is InChI=1S/C16H30N4O3S/c1-12-3-5-13(6-4-12)20-16(17-2)18-9-7-15(21)19-14-8-10-24(22,23)11-14/h12-14H,3-11H2,1-2H3,(H,19,21)(H2,17,18,20). The lowest BCUT2D eigenvalue weighted by molar-refractivity contribution is -0.121. The molecule has 2 rings (SSSR count). The van der Waals surface area contributed by atoms with Crippen LogP contribution in [0.1, 0.15) is 45.4 Å². The van der Waals surface area contributed by atoms with E-state index in [-0.39, 0.29) is 23.5 Å². The van der Waals surface area contributed by atoms with Crippen LogP contribution in [0.3, 0.4) is 0 Å². The highest BCUT2D eigenvalue weighted by Gasteiger charge is 2.28. The van der Waals surface area contributed by atoms with E-state index in [0.29, 0.717) is 25.4 Å². The smallest absolute Gasteiger partial charge is 0.222 e. The number of carbonyl (C=O) groups is 1. The minimum atomic E-state index is -2.96. The van der Waals surface area contributed by atoms with E-state index >= 15 is 0 Å². The van der Waals surface area contributed by atoms with Crippen molar-refractivity contribution in [2.45, 2.75) is 57.5 Å². The SMILES string of the molecule is CN=C(NCCC(=O)NC1CCS(=O)(=O)C1)NC1CCC(C)CC1. The van der Waals surface area contributed by atoms with E-state index in [1.807, 2.05) is 0 Å². The number of amides is 1. The Morgan fingerprint density at radius 1 is 1.08 bits per heavy atom. The molecular formula is C16H30N4O3S. The van der Waals surface area contributed by atoms with Gasteiger partial charge in [-0.2, -0.15) is 0 Å². The zero-order chi connectivity index (χ0) is 17.6. The summed E-state index contributed by atoms with van der Waals surface area (Å²) in [6, 6.07) is 0.217. The molecule has 1 saturated carbocycles. The quantitative estimate of drug-likeness (QED) is 0.489. The molecule has 0 aromatic rings. The van der Waals surface area contributed by atoms with E-state index in [4.69, 9.17) is 0 Å². The van der Waals surface area contributed by atoms with Crippen LogP contribution in [0.15, 0.2) is 4.99 Å². The number of aliphatic imine (C=N–C) groups is 1. The molecule has 1 heterocycles. The maximum absolute atomic E-state index is 11.9. The maximum atomic E-state index is 11.9. The van der Waals surface area contributed by atoms with Gasteiger partial charge in [0.15, 0.2) is 15.8 Å². The summed E-state index contributed by atoms with van der Waals surface area (Å²) in [5.41, 5.74) is 0.